The van der Waals surface area contributed by atoms with Crippen molar-refractivity contribution in [3.8, 4) is 0 Å². The first-order valence-electron chi connectivity index (χ1n) is 8.10. The van der Waals surface area contributed by atoms with Crippen LogP contribution in [0.5, 0.6) is 0 Å². The SMILES string of the molecule is Cc1ccc(NC(=O)Cn2nc(N(C)C)c3ccccc3c2=O)cc1Cl. The predicted octanol–water partition coefficient (Wildman–Crippen LogP) is 3.06. The molecule has 0 saturated heterocycles. The van der Waals surface area contributed by atoms with Crippen molar-refractivity contribution in [3.63, 3.8) is 0 Å². The first-order chi connectivity index (χ1) is 12.4. The van der Waals surface area contributed by atoms with Crippen molar-refractivity contribution >= 4 is 39.8 Å². The van der Waals surface area contributed by atoms with Crippen molar-refractivity contribution < 1.29 is 4.79 Å². The van der Waals surface area contributed by atoms with E-state index in [9.17, 15) is 9.59 Å². The number of carbonyl (C=O) groups is 1. The third kappa shape index (κ3) is 3.55. The van der Waals surface area contributed by atoms with Gasteiger partial charge in [-0.2, -0.15) is 5.10 Å². The number of hydrogen-bond donors (Lipinski definition) is 1. The number of rotatable bonds is 4. The van der Waals surface area contributed by atoms with Gasteiger partial charge in [0.2, 0.25) is 5.91 Å². The fraction of sp³-hybridized carbons (Fsp3) is 0.211. The molecule has 1 heterocycles. The maximum absolute atomic E-state index is 12.7. The summed E-state index contributed by atoms with van der Waals surface area (Å²) in [5.74, 6) is 0.283. The van der Waals surface area contributed by atoms with E-state index in [0.29, 0.717) is 21.9 Å². The lowest BCUT2D eigenvalue weighted by Crippen LogP contribution is -2.31. The van der Waals surface area contributed by atoms with Crippen molar-refractivity contribution in [2.45, 2.75) is 13.5 Å². The highest BCUT2D eigenvalue weighted by Gasteiger charge is 2.14. The van der Waals surface area contributed by atoms with Gasteiger partial charge in [0.25, 0.3) is 5.56 Å². The van der Waals surface area contributed by atoms with Crippen LogP contribution in [-0.2, 0) is 11.3 Å². The van der Waals surface area contributed by atoms with Crippen LogP contribution >= 0.6 is 11.6 Å². The molecule has 3 aromatic rings. The third-order valence-electron chi connectivity index (χ3n) is 4.02. The van der Waals surface area contributed by atoms with Gasteiger partial charge in [-0.25, -0.2) is 4.68 Å². The molecule has 0 spiro atoms. The predicted molar refractivity (Wildman–Crippen MR) is 105 cm³/mol. The zero-order valence-electron chi connectivity index (χ0n) is 14.8. The number of anilines is 2. The largest absolute Gasteiger partial charge is 0.361 e. The zero-order valence-corrected chi connectivity index (χ0v) is 15.5. The number of benzene rings is 2. The van der Waals surface area contributed by atoms with E-state index in [1.165, 1.54) is 4.68 Å². The zero-order chi connectivity index (χ0) is 18.8. The first kappa shape index (κ1) is 17.9. The Hall–Kier alpha value is -2.86. The molecule has 0 saturated carbocycles. The van der Waals surface area contributed by atoms with E-state index in [1.54, 1.807) is 24.3 Å². The van der Waals surface area contributed by atoms with Crippen LogP contribution in [0.25, 0.3) is 10.8 Å². The van der Waals surface area contributed by atoms with Crippen molar-refractivity contribution in [2.24, 2.45) is 0 Å². The lowest BCUT2D eigenvalue weighted by molar-refractivity contribution is -0.117. The molecular weight excluding hydrogens is 352 g/mol. The summed E-state index contributed by atoms with van der Waals surface area (Å²) >= 11 is 6.08. The average molecular weight is 371 g/mol. The van der Waals surface area contributed by atoms with E-state index in [-0.39, 0.29) is 18.0 Å². The molecule has 0 radical (unpaired) electrons. The second kappa shape index (κ2) is 7.17. The first-order valence-corrected chi connectivity index (χ1v) is 8.48. The van der Waals surface area contributed by atoms with Crippen molar-refractivity contribution in [1.82, 2.24) is 9.78 Å². The number of carbonyl (C=O) groups excluding carboxylic acids is 1. The fourth-order valence-corrected chi connectivity index (χ4v) is 2.84. The van der Waals surface area contributed by atoms with Crippen molar-refractivity contribution in [3.05, 3.63) is 63.4 Å². The van der Waals surface area contributed by atoms with Gasteiger partial charge in [-0.05, 0) is 30.7 Å². The van der Waals surface area contributed by atoms with Gasteiger partial charge >= 0.3 is 0 Å². The van der Waals surface area contributed by atoms with Crippen molar-refractivity contribution in [2.75, 3.05) is 24.3 Å². The number of aromatic nitrogens is 2. The van der Waals surface area contributed by atoms with E-state index in [0.717, 1.165) is 10.9 Å². The van der Waals surface area contributed by atoms with Crippen molar-refractivity contribution in [1.29, 1.82) is 0 Å². The molecule has 0 aliphatic carbocycles. The normalized spacial score (nSPS) is 10.8. The Bertz CT molecular complexity index is 1040. The second-order valence-corrected chi connectivity index (χ2v) is 6.65. The average Bonchev–Trinajstić information content (AvgIpc) is 2.60. The molecule has 3 rings (SSSR count). The maximum atomic E-state index is 12.7. The number of nitrogens with zero attached hydrogens (tertiary/aromatic N) is 3. The summed E-state index contributed by atoms with van der Waals surface area (Å²) in [4.78, 5) is 26.9. The van der Waals surface area contributed by atoms with E-state index in [4.69, 9.17) is 11.6 Å². The van der Waals surface area contributed by atoms with Gasteiger partial charge in [0, 0.05) is 30.2 Å². The topological polar surface area (TPSA) is 67.2 Å². The minimum absolute atomic E-state index is 0.185. The molecular formula is C19H19ClN4O2. The Labute approximate surface area is 156 Å². The third-order valence-corrected chi connectivity index (χ3v) is 4.43. The highest BCUT2D eigenvalue weighted by molar-refractivity contribution is 6.31. The van der Waals surface area contributed by atoms with Gasteiger partial charge < -0.3 is 10.2 Å². The summed E-state index contributed by atoms with van der Waals surface area (Å²) < 4.78 is 1.18. The second-order valence-electron chi connectivity index (χ2n) is 6.24. The summed E-state index contributed by atoms with van der Waals surface area (Å²) in [6.07, 6.45) is 0. The van der Waals surface area contributed by atoms with Gasteiger partial charge in [-0.15, -0.1) is 0 Å². The maximum Gasteiger partial charge on any atom is 0.275 e. The molecule has 0 aliphatic heterocycles. The highest BCUT2D eigenvalue weighted by Crippen LogP contribution is 2.21. The number of hydrogen-bond acceptors (Lipinski definition) is 4. The molecule has 0 bridgehead atoms. The number of amides is 1. The smallest absolute Gasteiger partial charge is 0.275 e. The van der Waals surface area contributed by atoms with Crippen LogP contribution in [0.3, 0.4) is 0 Å². The molecule has 1 aromatic heterocycles. The van der Waals surface area contributed by atoms with Crippen LogP contribution in [0, 0.1) is 6.92 Å². The number of nitrogens with one attached hydrogen (secondary N) is 1. The molecule has 6 nitrogen and oxygen atoms in total. The Morgan fingerprint density at radius 3 is 2.54 bits per heavy atom. The molecule has 0 aliphatic rings. The van der Waals surface area contributed by atoms with Crippen LogP contribution in [-0.4, -0.2) is 29.8 Å². The Kier molecular flexibility index (Phi) is 4.95. The summed E-state index contributed by atoms with van der Waals surface area (Å²) in [5.41, 5.74) is 1.20. The quantitative estimate of drug-likeness (QED) is 0.766. The molecule has 26 heavy (non-hydrogen) atoms. The lowest BCUT2D eigenvalue weighted by Gasteiger charge is -2.16. The van der Waals surface area contributed by atoms with E-state index in [2.05, 4.69) is 10.4 Å². The molecule has 0 atom stereocenters. The van der Waals surface area contributed by atoms with Crippen LogP contribution in [0.2, 0.25) is 5.02 Å². The number of halogens is 1. The summed E-state index contributed by atoms with van der Waals surface area (Å²) in [6, 6.07) is 12.5. The van der Waals surface area contributed by atoms with Gasteiger partial charge in [-0.1, -0.05) is 35.9 Å². The van der Waals surface area contributed by atoms with Crippen LogP contribution in [0.15, 0.2) is 47.3 Å². The van der Waals surface area contributed by atoms with Crippen LogP contribution in [0.4, 0.5) is 11.5 Å². The monoisotopic (exact) mass is 370 g/mol. The Balaban J connectivity index is 1.92. The summed E-state index contributed by atoms with van der Waals surface area (Å²) in [6.45, 7) is 1.70. The Morgan fingerprint density at radius 1 is 1.19 bits per heavy atom. The van der Waals surface area contributed by atoms with E-state index in [1.807, 2.05) is 44.1 Å². The Morgan fingerprint density at radius 2 is 1.88 bits per heavy atom. The lowest BCUT2D eigenvalue weighted by atomic mass is 10.2. The molecule has 0 unspecified atom stereocenters. The van der Waals surface area contributed by atoms with Crippen LogP contribution in [0.1, 0.15) is 5.56 Å². The van der Waals surface area contributed by atoms with Crippen LogP contribution < -0.4 is 15.8 Å². The fourth-order valence-electron chi connectivity index (χ4n) is 2.66. The van der Waals surface area contributed by atoms with E-state index >= 15 is 0 Å². The van der Waals surface area contributed by atoms with E-state index < -0.39 is 0 Å². The molecule has 1 N–H and O–H groups in total. The van der Waals surface area contributed by atoms with Gasteiger partial charge in [0.1, 0.15) is 6.54 Å². The standard InChI is InChI=1S/C19H19ClN4O2/c1-12-8-9-13(10-16(12)20)21-17(25)11-24-19(26)15-7-5-4-6-14(15)18(22-24)23(2)3/h4-10H,11H2,1-3H3,(H,21,25). The minimum atomic E-state index is -0.348. The molecule has 134 valence electrons. The highest BCUT2D eigenvalue weighted by atomic mass is 35.5. The summed E-state index contributed by atoms with van der Waals surface area (Å²) in [5, 5.41) is 8.95. The summed E-state index contributed by atoms with van der Waals surface area (Å²) in [7, 11) is 3.69. The van der Waals surface area contributed by atoms with Gasteiger partial charge in [0.15, 0.2) is 5.82 Å². The molecule has 1 amide bonds. The van der Waals surface area contributed by atoms with Gasteiger partial charge in [-0.3, -0.25) is 9.59 Å². The number of fused-ring (bicyclic) bond motifs is 1. The van der Waals surface area contributed by atoms with Gasteiger partial charge in [0.05, 0.1) is 5.39 Å². The molecule has 0 fully saturated rings. The molecule has 2 aromatic carbocycles. The molecule has 7 heteroatoms. The number of aryl methyl sites for hydroxylation is 1. The minimum Gasteiger partial charge on any atom is -0.361 e.